The first-order chi connectivity index (χ1) is 6.82. The second kappa shape index (κ2) is 4.52. The number of nitrogens with zero attached hydrogens (tertiary/aromatic N) is 1. The molecule has 0 aromatic rings. The van der Waals surface area contributed by atoms with Crippen molar-refractivity contribution < 1.29 is 4.79 Å². The lowest BCUT2D eigenvalue weighted by atomic mass is 9.88. The van der Waals surface area contributed by atoms with E-state index < -0.39 is 0 Å². The lowest BCUT2D eigenvalue weighted by Gasteiger charge is -2.36. The molecule has 0 atom stereocenters. The summed E-state index contributed by atoms with van der Waals surface area (Å²) in [5.74, 6) is 0.239. The van der Waals surface area contributed by atoms with Crippen molar-refractivity contribution in [2.75, 3.05) is 7.05 Å². The minimum atomic E-state index is -0.270. The van der Waals surface area contributed by atoms with Crippen molar-refractivity contribution in [3.8, 4) is 0 Å². The third kappa shape index (κ3) is 3.20. The van der Waals surface area contributed by atoms with Crippen LogP contribution in [-0.4, -0.2) is 29.9 Å². The van der Waals surface area contributed by atoms with E-state index in [1.165, 1.54) is 0 Å². The van der Waals surface area contributed by atoms with Gasteiger partial charge < -0.3 is 10.6 Å². The highest BCUT2D eigenvalue weighted by Crippen LogP contribution is 2.25. The zero-order chi connectivity index (χ0) is 11.6. The van der Waals surface area contributed by atoms with E-state index in [1.54, 1.807) is 0 Å². The molecule has 0 aromatic heterocycles. The van der Waals surface area contributed by atoms with Crippen LogP contribution in [0.5, 0.6) is 0 Å². The van der Waals surface area contributed by atoms with E-state index in [0.717, 1.165) is 25.7 Å². The van der Waals surface area contributed by atoms with Crippen LogP contribution in [0.25, 0.3) is 0 Å². The normalized spacial score (nSPS) is 27.5. The molecule has 0 saturated heterocycles. The molecule has 3 heteroatoms. The van der Waals surface area contributed by atoms with Gasteiger partial charge in [-0.05, 0) is 25.7 Å². The monoisotopic (exact) mass is 212 g/mol. The van der Waals surface area contributed by atoms with Crippen molar-refractivity contribution in [3.05, 3.63) is 0 Å². The second-order valence-electron chi connectivity index (χ2n) is 5.73. The first-order valence-corrected chi connectivity index (χ1v) is 5.85. The van der Waals surface area contributed by atoms with Crippen LogP contribution in [0.1, 0.15) is 46.5 Å². The molecule has 1 rings (SSSR count). The standard InChI is InChI=1S/C12H24N2O/c1-12(2,3)11(15)14(4)10-7-5-9(13)6-8-10/h9-10H,5-8,13H2,1-4H3. The van der Waals surface area contributed by atoms with Crippen LogP contribution in [-0.2, 0) is 4.79 Å². The van der Waals surface area contributed by atoms with Crippen LogP contribution in [0, 0.1) is 5.41 Å². The van der Waals surface area contributed by atoms with E-state index >= 15 is 0 Å². The van der Waals surface area contributed by atoms with Gasteiger partial charge in [-0.3, -0.25) is 4.79 Å². The molecule has 1 amide bonds. The molecule has 0 radical (unpaired) electrons. The smallest absolute Gasteiger partial charge is 0.227 e. The van der Waals surface area contributed by atoms with Gasteiger partial charge in [-0.2, -0.15) is 0 Å². The van der Waals surface area contributed by atoms with Gasteiger partial charge in [-0.15, -0.1) is 0 Å². The minimum Gasteiger partial charge on any atom is -0.342 e. The van der Waals surface area contributed by atoms with Crippen LogP contribution in [0.4, 0.5) is 0 Å². The molecule has 15 heavy (non-hydrogen) atoms. The summed E-state index contributed by atoms with van der Waals surface area (Å²) < 4.78 is 0. The van der Waals surface area contributed by atoms with Crippen molar-refractivity contribution in [1.82, 2.24) is 4.90 Å². The fourth-order valence-electron chi connectivity index (χ4n) is 2.18. The van der Waals surface area contributed by atoms with Crippen molar-refractivity contribution in [3.63, 3.8) is 0 Å². The van der Waals surface area contributed by atoms with E-state index in [0.29, 0.717) is 12.1 Å². The third-order valence-corrected chi connectivity index (χ3v) is 3.25. The Morgan fingerprint density at radius 1 is 1.20 bits per heavy atom. The van der Waals surface area contributed by atoms with Crippen LogP contribution < -0.4 is 5.73 Å². The summed E-state index contributed by atoms with van der Waals surface area (Å²) in [5.41, 5.74) is 5.59. The Labute approximate surface area is 93.0 Å². The highest BCUT2D eigenvalue weighted by molar-refractivity contribution is 5.81. The Morgan fingerprint density at radius 3 is 2.07 bits per heavy atom. The molecule has 0 spiro atoms. The number of hydrogen-bond acceptors (Lipinski definition) is 2. The molecule has 0 aromatic carbocycles. The Balaban J connectivity index is 2.54. The number of carbonyl (C=O) groups excluding carboxylic acids is 1. The SMILES string of the molecule is CN(C(=O)C(C)(C)C)C1CCC(N)CC1. The molecule has 0 heterocycles. The van der Waals surface area contributed by atoms with Crippen LogP contribution in [0.2, 0.25) is 0 Å². The quantitative estimate of drug-likeness (QED) is 0.720. The third-order valence-electron chi connectivity index (χ3n) is 3.25. The molecule has 3 nitrogen and oxygen atoms in total. The number of nitrogens with two attached hydrogens (primary N) is 1. The van der Waals surface area contributed by atoms with Crippen LogP contribution in [0.3, 0.4) is 0 Å². The van der Waals surface area contributed by atoms with E-state index in [2.05, 4.69) is 0 Å². The molecule has 1 saturated carbocycles. The molecular weight excluding hydrogens is 188 g/mol. The summed E-state index contributed by atoms with van der Waals surface area (Å²) in [7, 11) is 1.93. The average molecular weight is 212 g/mol. The number of hydrogen-bond donors (Lipinski definition) is 1. The van der Waals surface area contributed by atoms with Crippen LogP contribution >= 0.6 is 0 Å². The number of carbonyl (C=O) groups is 1. The fraction of sp³-hybridized carbons (Fsp3) is 0.917. The Bertz CT molecular complexity index is 224. The van der Waals surface area contributed by atoms with E-state index in [4.69, 9.17) is 5.73 Å². The molecule has 1 aliphatic carbocycles. The number of amides is 1. The summed E-state index contributed by atoms with van der Waals surface area (Å²) in [6.45, 7) is 5.92. The van der Waals surface area contributed by atoms with Gasteiger partial charge in [0.15, 0.2) is 0 Å². The summed E-state index contributed by atoms with van der Waals surface area (Å²) >= 11 is 0. The van der Waals surface area contributed by atoms with Gasteiger partial charge in [0.2, 0.25) is 5.91 Å². The molecule has 1 aliphatic rings. The molecule has 2 N–H and O–H groups in total. The summed E-state index contributed by atoms with van der Waals surface area (Å²) in [6.07, 6.45) is 4.21. The molecule has 0 aliphatic heterocycles. The van der Waals surface area contributed by atoms with Gasteiger partial charge in [0, 0.05) is 24.5 Å². The van der Waals surface area contributed by atoms with E-state index in [-0.39, 0.29) is 11.3 Å². The Morgan fingerprint density at radius 2 is 1.67 bits per heavy atom. The second-order valence-corrected chi connectivity index (χ2v) is 5.73. The van der Waals surface area contributed by atoms with E-state index in [1.807, 2.05) is 32.7 Å². The van der Waals surface area contributed by atoms with Gasteiger partial charge in [0.25, 0.3) is 0 Å². The lowest BCUT2D eigenvalue weighted by molar-refractivity contribution is -0.140. The lowest BCUT2D eigenvalue weighted by Crippen LogP contribution is -2.46. The molecule has 1 fully saturated rings. The molecule has 0 bridgehead atoms. The minimum absolute atomic E-state index is 0.239. The summed E-state index contributed by atoms with van der Waals surface area (Å²) in [5, 5.41) is 0. The maximum atomic E-state index is 12.0. The number of rotatable bonds is 1. The first-order valence-electron chi connectivity index (χ1n) is 5.85. The average Bonchev–Trinajstić information content (AvgIpc) is 2.15. The molecular formula is C12H24N2O. The van der Waals surface area contributed by atoms with Crippen molar-refractivity contribution in [2.24, 2.45) is 11.1 Å². The Kier molecular flexibility index (Phi) is 3.77. The van der Waals surface area contributed by atoms with Gasteiger partial charge in [-0.25, -0.2) is 0 Å². The molecule has 88 valence electrons. The predicted molar refractivity (Wildman–Crippen MR) is 62.5 cm³/mol. The van der Waals surface area contributed by atoms with Gasteiger partial charge >= 0.3 is 0 Å². The summed E-state index contributed by atoms with van der Waals surface area (Å²) in [4.78, 5) is 14.0. The van der Waals surface area contributed by atoms with E-state index in [9.17, 15) is 4.79 Å². The first kappa shape index (κ1) is 12.5. The predicted octanol–water partition coefficient (Wildman–Crippen LogP) is 1.76. The maximum Gasteiger partial charge on any atom is 0.227 e. The van der Waals surface area contributed by atoms with Crippen molar-refractivity contribution in [1.29, 1.82) is 0 Å². The zero-order valence-electron chi connectivity index (χ0n) is 10.4. The largest absolute Gasteiger partial charge is 0.342 e. The van der Waals surface area contributed by atoms with Gasteiger partial charge in [0.1, 0.15) is 0 Å². The highest BCUT2D eigenvalue weighted by atomic mass is 16.2. The zero-order valence-corrected chi connectivity index (χ0v) is 10.4. The Hall–Kier alpha value is -0.570. The summed E-state index contributed by atoms with van der Waals surface area (Å²) in [6, 6.07) is 0.746. The highest BCUT2D eigenvalue weighted by Gasteiger charge is 2.31. The molecule has 0 unspecified atom stereocenters. The van der Waals surface area contributed by atoms with Crippen LogP contribution in [0.15, 0.2) is 0 Å². The maximum absolute atomic E-state index is 12.0. The fourth-order valence-corrected chi connectivity index (χ4v) is 2.18. The van der Waals surface area contributed by atoms with Gasteiger partial charge in [-0.1, -0.05) is 20.8 Å². The van der Waals surface area contributed by atoms with Crippen molar-refractivity contribution >= 4 is 5.91 Å². The van der Waals surface area contributed by atoms with Crippen molar-refractivity contribution in [2.45, 2.75) is 58.5 Å². The topological polar surface area (TPSA) is 46.3 Å². The van der Waals surface area contributed by atoms with Gasteiger partial charge in [0.05, 0.1) is 0 Å².